The molecular formula is C9H4BrClO2. The normalized spacial score (nSPS) is 8.77. The first-order chi connectivity index (χ1) is 6.09. The van der Waals surface area contributed by atoms with Gasteiger partial charge < -0.3 is 5.11 Å². The summed E-state index contributed by atoms with van der Waals surface area (Å²) in [6, 6.07) is 5.07. The maximum absolute atomic E-state index is 10.1. The molecule has 1 N–H and O–H groups in total. The van der Waals surface area contributed by atoms with E-state index in [0.717, 1.165) is 4.47 Å². The minimum atomic E-state index is -1.17. The zero-order valence-electron chi connectivity index (χ0n) is 6.34. The highest BCUT2D eigenvalue weighted by molar-refractivity contribution is 9.10. The van der Waals surface area contributed by atoms with Gasteiger partial charge in [-0.3, -0.25) is 0 Å². The van der Waals surface area contributed by atoms with E-state index in [1.807, 2.05) is 5.92 Å². The van der Waals surface area contributed by atoms with Gasteiger partial charge in [0.05, 0.1) is 5.02 Å². The molecule has 2 nitrogen and oxygen atoms in total. The van der Waals surface area contributed by atoms with Crippen LogP contribution in [0.3, 0.4) is 0 Å². The molecule has 1 aromatic rings. The van der Waals surface area contributed by atoms with Crippen LogP contribution in [0.5, 0.6) is 0 Å². The van der Waals surface area contributed by atoms with Crippen molar-refractivity contribution in [2.75, 3.05) is 0 Å². The summed E-state index contributed by atoms with van der Waals surface area (Å²) >= 11 is 8.99. The number of hydrogen-bond donors (Lipinski definition) is 1. The highest BCUT2D eigenvalue weighted by Crippen LogP contribution is 2.19. The van der Waals surface area contributed by atoms with E-state index in [2.05, 4.69) is 21.9 Å². The lowest BCUT2D eigenvalue weighted by molar-refractivity contribution is -0.130. The highest BCUT2D eigenvalue weighted by Gasteiger charge is 1.97. The van der Waals surface area contributed by atoms with Crippen LogP contribution < -0.4 is 0 Å². The van der Waals surface area contributed by atoms with Gasteiger partial charge in [-0.2, -0.15) is 0 Å². The van der Waals surface area contributed by atoms with Crippen molar-refractivity contribution in [3.8, 4) is 11.8 Å². The molecule has 0 aliphatic rings. The van der Waals surface area contributed by atoms with Crippen molar-refractivity contribution in [2.45, 2.75) is 0 Å². The Morgan fingerprint density at radius 1 is 1.54 bits per heavy atom. The van der Waals surface area contributed by atoms with Gasteiger partial charge in [-0.25, -0.2) is 4.79 Å². The van der Waals surface area contributed by atoms with Crippen LogP contribution in [0.2, 0.25) is 5.02 Å². The average Bonchev–Trinajstić information content (AvgIpc) is 2.06. The van der Waals surface area contributed by atoms with Crippen molar-refractivity contribution in [2.24, 2.45) is 0 Å². The second kappa shape index (κ2) is 4.31. The molecule has 0 aromatic heterocycles. The summed E-state index contributed by atoms with van der Waals surface area (Å²) in [6.45, 7) is 0. The minimum absolute atomic E-state index is 0.442. The van der Waals surface area contributed by atoms with E-state index < -0.39 is 5.97 Å². The monoisotopic (exact) mass is 258 g/mol. The molecule has 1 aromatic carbocycles. The third kappa shape index (κ3) is 3.10. The number of halogens is 2. The lowest BCUT2D eigenvalue weighted by Crippen LogP contribution is -1.87. The van der Waals surface area contributed by atoms with Gasteiger partial charge >= 0.3 is 5.97 Å². The quantitative estimate of drug-likeness (QED) is 0.727. The maximum Gasteiger partial charge on any atom is 0.382 e. The van der Waals surface area contributed by atoms with Crippen molar-refractivity contribution in [3.63, 3.8) is 0 Å². The van der Waals surface area contributed by atoms with Crippen LogP contribution in [0, 0.1) is 11.8 Å². The Hall–Kier alpha value is -0.980. The second-order valence-corrected chi connectivity index (χ2v) is 3.50. The second-order valence-electron chi connectivity index (χ2n) is 2.18. The van der Waals surface area contributed by atoms with Gasteiger partial charge in [0.15, 0.2) is 0 Å². The summed E-state index contributed by atoms with van der Waals surface area (Å²) in [5, 5.41) is 8.75. The molecule has 0 aliphatic carbocycles. The van der Waals surface area contributed by atoms with E-state index in [4.69, 9.17) is 16.7 Å². The van der Waals surface area contributed by atoms with Crippen LogP contribution in [0.4, 0.5) is 0 Å². The Morgan fingerprint density at radius 2 is 2.23 bits per heavy atom. The predicted molar refractivity (Wildman–Crippen MR) is 53.7 cm³/mol. The summed E-state index contributed by atoms with van der Waals surface area (Å²) in [6.07, 6.45) is 0. The third-order valence-corrected chi connectivity index (χ3v) is 2.06. The van der Waals surface area contributed by atoms with Crippen LogP contribution in [-0.2, 0) is 4.79 Å². The third-order valence-electron chi connectivity index (χ3n) is 1.23. The molecule has 0 fully saturated rings. The minimum Gasteiger partial charge on any atom is -0.472 e. The summed E-state index contributed by atoms with van der Waals surface area (Å²) in [5.74, 6) is 3.26. The smallest absolute Gasteiger partial charge is 0.382 e. The van der Waals surface area contributed by atoms with Gasteiger partial charge in [-0.1, -0.05) is 33.5 Å². The van der Waals surface area contributed by atoms with Crippen LogP contribution in [0.1, 0.15) is 5.56 Å². The molecule has 0 amide bonds. The van der Waals surface area contributed by atoms with Crippen molar-refractivity contribution in [1.82, 2.24) is 0 Å². The van der Waals surface area contributed by atoms with E-state index in [-0.39, 0.29) is 0 Å². The summed E-state index contributed by atoms with van der Waals surface area (Å²) in [5.41, 5.74) is 0.499. The van der Waals surface area contributed by atoms with Crippen molar-refractivity contribution < 1.29 is 9.90 Å². The van der Waals surface area contributed by atoms with E-state index >= 15 is 0 Å². The van der Waals surface area contributed by atoms with E-state index in [9.17, 15) is 4.79 Å². The van der Waals surface area contributed by atoms with Crippen LogP contribution in [0.25, 0.3) is 0 Å². The molecule has 0 heterocycles. The molecule has 4 heteroatoms. The Morgan fingerprint density at radius 3 is 2.85 bits per heavy atom. The number of carboxylic acid groups (broad SMARTS) is 1. The first-order valence-electron chi connectivity index (χ1n) is 3.29. The number of rotatable bonds is 0. The molecule has 0 bridgehead atoms. The number of carboxylic acids is 1. The van der Waals surface area contributed by atoms with Gasteiger partial charge in [0.25, 0.3) is 0 Å². The molecule has 0 radical (unpaired) electrons. The Balaban J connectivity index is 3.09. The molecule has 0 saturated heterocycles. The van der Waals surface area contributed by atoms with Crippen molar-refractivity contribution in [1.29, 1.82) is 0 Å². The fourth-order valence-corrected chi connectivity index (χ4v) is 1.24. The SMILES string of the molecule is O=C(O)C#Cc1cc(Br)ccc1Cl. The molecule has 0 saturated carbocycles. The molecule has 0 aliphatic heterocycles. The van der Waals surface area contributed by atoms with Gasteiger partial charge in [-0.05, 0) is 18.2 Å². The Bertz CT molecular complexity index is 404. The molecule has 66 valence electrons. The topological polar surface area (TPSA) is 37.3 Å². The fourth-order valence-electron chi connectivity index (χ4n) is 0.714. The standard InChI is InChI=1S/C9H4BrClO2/c10-7-2-3-8(11)6(5-7)1-4-9(12)13/h2-3,5H,(H,12,13). The van der Waals surface area contributed by atoms with E-state index in [1.165, 1.54) is 0 Å². The lowest BCUT2D eigenvalue weighted by atomic mass is 10.2. The van der Waals surface area contributed by atoms with Gasteiger partial charge in [0.1, 0.15) is 0 Å². The lowest BCUT2D eigenvalue weighted by Gasteiger charge is -1.95. The molecule has 13 heavy (non-hydrogen) atoms. The molecule has 1 rings (SSSR count). The fraction of sp³-hybridized carbons (Fsp3) is 0. The van der Waals surface area contributed by atoms with Crippen molar-refractivity contribution >= 4 is 33.5 Å². The number of carbonyl (C=O) groups is 1. The summed E-state index contributed by atoms with van der Waals surface area (Å²) < 4.78 is 0.812. The highest BCUT2D eigenvalue weighted by atomic mass is 79.9. The summed E-state index contributed by atoms with van der Waals surface area (Å²) in [4.78, 5) is 10.1. The molecule has 0 atom stereocenters. The number of aliphatic carboxylic acids is 1. The van der Waals surface area contributed by atoms with Gasteiger partial charge in [0, 0.05) is 16.0 Å². The molecule has 0 unspecified atom stereocenters. The largest absolute Gasteiger partial charge is 0.472 e. The van der Waals surface area contributed by atoms with Crippen molar-refractivity contribution in [3.05, 3.63) is 33.3 Å². The first kappa shape index (κ1) is 10.1. The van der Waals surface area contributed by atoms with Crippen LogP contribution >= 0.6 is 27.5 Å². The number of hydrogen-bond acceptors (Lipinski definition) is 1. The molecular weight excluding hydrogens is 255 g/mol. The summed E-state index contributed by atoms with van der Waals surface area (Å²) in [7, 11) is 0. The van der Waals surface area contributed by atoms with E-state index in [0.29, 0.717) is 10.6 Å². The maximum atomic E-state index is 10.1. The van der Waals surface area contributed by atoms with Crippen LogP contribution in [0.15, 0.2) is 22.7 Å². The molecule has 0 spiro atoms. The number of benzene rings is 1. The first-order valence-corrected chi connectivity index (χ1v) is 4.46. The Kier molecular flexibility index (Phi) is 3.35. The van der Waals surface area contributed by atoms with Gasteiger partial charge in [-0.15, -0.1) is 0 Å². The predicted octanol–water partition coefficient (Wildman–Crippen LogP) is 2.54. The zero-order chi connectivity index (χ0) is 9.84. The zero-order valence-corrected chi connectivity index (χ0v) is 8.69. The van der Waals surface area contributed by atoms with Gasteiger partial charge in [0.2, 0.25) is 0 Å². The van der Waals surface area contributed by atoms with Crippen LogP contribution in [-0.4, -0.2) is 11.1 Å². The van der Waals surface area contributed by atoms with E-state index in [1.54, 1.807) is 18.2 Å². The average molecular weight is 259 g/mol. The Labute approximate surface area is 88.7 Å².